The Bertz CT molecular complexity index is 739. The van der Waals surface area contributed by atoms with E-state index in [2.05, 4.69) is 0 Å². The molecule has 0 unspecified atom stereocenters. The molecule has 0 aromatic heterocycles. The Kier molecular flexibility index (Phi) is 2.97. The summed E-state index contributed by atoms with van der Waals surface area (Å²) in [5.41, 5.74) is -4.01. The van der Waals surface area contributed by atoms with Crippen molar-refractivity contribution in [2.75, 3.05) is 13.1 Å². The number of carboxylic acid groups (broad SMARTS) is 2. The second kappa shape index (κ2) is 4.46. The van der Waals surface area contributed by atoms with Crippen LogP contribution in [0.15, 0.2) is 12.1 Å². The van der Waals surface area contributed by atoms with E-state index in [1.807, 2.05) is 0 Å². The first-order valence-corrected chi connectivity index (χ1v) is 6.55. The van der Waals surface area contributed by atoms with Gasteiger partial charge in [-0.1, -0.05) is 0 Å². The van der Waals surface area contributed by atoms with Crippen molar-refractivity contribution in [3.63, 3.8) is 0 Å². The fourth-order valence-electron chi connectivity index (χ4n) is 3.29. The van der Waals surface area contributed by atoms with Crippen LogP contribution in [0.4, 0.5) is 13.2 Å². The number of fused-ring (bicyclic) bond motifs is 1. The standard InChI is InChI=1S/C14H10F3NO5/c15-7-2-9(17)8(16)1-6(7)10(19)18-4-13(11(20)21)3-14(13,5-18)12(22)23/h1-2H,3-5H2,(H,20,21)(H,22,23)/t13-,14+. The fraction of sp³-hybridized carbons (Fsp3) is 0.357. The third-order valence-electron chi connectivity index (χ3n) is 4.66. The molecule has 2 N–H and O–H groups in total. The molecule has 23 heavy (non-hydrogen) atoms. The lowest BCUT2D eigenvalue weighted by Crippen LogP contribution is -2.35. The maximum Gasteiger partial charge on any atom is 0.312 e. The van der Waals surface area contributed by atoms with E-state index < -0.39 is 64.8 Å². The third kappa shape index (κ3) is 1.85. The van der Waals surface area contributed by atoms with Crippen LogP contribution in [0.5, 0.6) is 0 Å². The number of carbonyl (C=O) groups excluding carboxylic acids is 1. The van der Waals surface area contributed by atoms with Gasteiger partial charge in [0.25, 0.3) is 5.91 Å². The topological polar surface area (TPSA) is 94.9 Å². The second-order valence-corrected chi connectivity index (χ2v) is 5.86. The molecule has 0 radical (unpaired) electrons. The number of benzene rings is 1. The van der Waals surface area contributed by atoms with Crippen LogP contribution < -0.4 is 0 Å². The van der Waals surface area contributed by atoms with Crippen LogP contribution in [-0.4, -0.2) is 46.0 Å². The monoisotopic (exact) mass is 329 g/mol. The van der Waals surface area contributed by atoms with Crippen molar-refractivity contribution in [2.45, 2.75) is 6.42 Å². The zero-order valence-corrected chi connectivity index (χ0v) is 11.5. The van der Waals surface area contributed by atoms with Crippen LogP contribution in [0.25, 0.3) is 0 Å². The number of aliphatic carboxylic acids is 2. The summed E-state index contributed by atoms with van der Waals surface area (Å²) in [6, 6.07) is 0.580. The predicted molar refractivity (Wildman–Crippen MR) is 67.0 cm³/mol. The normalized spacial score (nSPS) is 28.4. The average Bonchev–Trinajstić information content (AvgIpc) is 3.01. The molecule has 6 nitrogen and oxygen atoms in total. The SMILES string of the molecule is O=C(c1cc(F)c(F)cc1F)N1C[C@@]2(C(=O)O)C[C@@]2(C(=O)O)C1. The molecular formula is C14H10F3NO5. The molecule has 1 saturated heterocycles. The summed E-state index contributed by atoms with van der Waals surface area (Å²) in [4.78, 5) is 35.8. The summed E-state index contributed by atoms with van der Waals surface area (Å²) < 4.78 is 39.8. The first-order valence-electron chi connectivity index (χ1n) is 6.55. The number of likely N-dealkylation sites (tertiary alicyclic amines) is 1. The molecule has 1 saturated carbocycles. The summed E-state index contributed by atoms with van der Waals surface area (Å²) in [6.07, 6.45) is -0.130. The van der Waals surface area contributed by atoms with Gasteiger partial charge in [-0.3, -0.25) is 14.4 Å². The minimum absolute atomic E-state index is 0.130. The maximum atomic E-state index is 13.7. The minimum atomic E-state index is -1.62. The largest absolute Gasteiger partial charge is 0.481 e. The first-order chi connectivity index (χ1) is 10.6. The molecule has 2 atom stereocenters. The van der Waals surface area contributed by atoms with Crippen molar-refractivity contribution in [3.8, 4) is 0 Å². The quantitative estimate of drug-likeness (QED) is 0.810. The van der Waals surface area contributed by atoms with Crippen molar-refractivity contribution in [2.24, 2.45) is 10.8 Å². The molecule has 2 fully saturated rings. The van der Waals surface area contributed by atoms with E-state index in [4.69, 9.17) is 0 Å². The highest BCUT2D eigenvalue weighted by atomic mass is 19.2. The van der Waals surface area contributed by atoms with Crippen molar-refractivity contribution in [3.05, 3.63) is 35.1 Å². The molecular weight excluding hydrogens is 319 g/mol. The Balaban J connectivity index is 1.93. The van der Waals surface area contributed by atoms with E-state index in [1.165, 1.54) is 0 Å². The van der Waals surface area contributed by atoms with Gasteiger partial charge in [0.05, 0.1) is 5.56 Å². The molecule has 0 bridgehead atoms. The summed E-state index contributed by atoms with van der Waals surface area (Å²) in [5.74, 6) is -7.99. The number of piperidine rings is 1. The number of carbonyl (C=O) groups is 3. The number of hydrogen-bond donors (Lipinski definition) is 2. The summed E-state index contributed by atoms with van der Waals surface area (Å²) >= 11 is 0. The minimum Gasteiger partial charge on any atom is -0.481 e. The lowest BCUT2D eigenvalue weighted by atomic mass is 9.97. The third-order valence-corrected chi connectivity index (χ3v) is 4.66. The smallest absolute Gasteiger partial charge is 0.312 e. The number of halogens is 3. The van der Waals surface area contributed by atoms with Crippen molar-refractivity contribution >= 4 is 17.8 Å². The van der Waals surface area contributed by atoms with Gasteiger partial charge in [0.2, 0.25) is 0 Å². The zero-order chi connectivity index (χ0) is 17.2. The molecule has 0 spiro atoms. The number of rotatable bonds is 3. The molecule has 122 valence electrons. The second-order valence-electron chi connectivity index (χ2n) is 5.86. The Morgan fingerprint density at radius 1 is 0.913 bits per heavy atom. The number of amides is 1. The van der Waals surface area contributed by atoms with Crippen molar-refractivity contribution in [1.82, 2.24) is 4.90 Å². The van der Waals surface area contributed by atoms with Gasteiger partial charge in [-0.15, -0.1) is 0 Å². The predicted octanol–water partition coefficient (Wildman–Crippen LogP) is 1.11. The number of carboxylic acids is 2. The Morgan fingerprint density at radius 2 is 1.39 bits per heavy atom. The highest BCUT2D eigenvalue weighted by molar-refractivity contribution is 6.00. The van der Waals surface area contributed by atoms with Gasteiger partial charge in [-0.25, -0.2) is 13.2 Å². The van der Waals surface area contributed by atoms with E-state index in [0.29, 0.717) is 6.07 Å². The Labute approximate surface area is 127 Å². The molecule has 1 amide bonds. The summed E-state index contributed by atoms with van der Waals surface area (Å²) in [5, 5.41) is 18.5. The van der Waals surface area contributed by atoms with Crippen LogP contribution in [-0.2, 0) is 9.59 Å². The zero-order valence-electron chi connectivity index (χ0n) is 11.5. The van der Waals surface area contributed by atoms with Crippen molar-refractivity contribution < 1.29 is 37.8 Å². The van der Waals surface area contributed by atoms with E-state index >= 15 is 0 Å². The van der Waals surface area contributed by atoms with E-state index in [9.17, 15) is 37.8 Å². The first kappa shape index (κ1) is 15.3. The van der Waals surface area contributed by atoms with Crippen LogP contribution in [0.3, 0.4) is 0 Å². The average molecular weight is 329 g/mol. The van der Waals surface area contributed by atoms with Gasteiger partial charge < -0.3 is 15.1 Å². The van der Waals surface area contributed by atoms with Gasteiger partial charge in [-0.05, 0) is 12.5 Å². The van der Waals surface area contributed by atoms with Crippen LogP contribution in [0.2, 0.25) is 0 Å². The highest BCUT2D eigenvalue weighted by Gasteiger charge is 2.81. The molecule has 1 aliphatic heterocycles. The van der Waals surface area contributed by atoms with Crippen LogP contribution >= 0.6 is 0 Å². The lowest BCUT2D eigenvalue weighted by molar-refractivity contribution is -0.151. The molecule has 3 rings (SSSR count). The molecule has 9 heteroatoms. The highest BCUT2D eigenvalue weighted by Crippen LogP contribution is 2.68. The molecule has 2 aliphatic rings. The molecule has 1 aromatic rings. The van der Waals surface area contributed by atoms with Crippen LogP contribution in [0, 0.1) is 28.3 Å². The fourth-order valence-corrected chi connectivity index (χ4v) is 3.29. The lowest BCUT2D eigenvalue weighted by Gasteiger charge is -2.20. The van der Waals surface area contributed by atoms with Gasteiger partial charge in [0.1, 0.15) is 16.6 Å². The number of hydrogen-bond acceptors (Lipinski definition) is 3. The van der Waals surface area contributed by atoms with Crippen molar-refractivity contribution in [1.29, 1.82) is 0 Å². The Morgan fingerprint density at radius 3 is 1.87 bits per heavy atom. The van der Waals surface area contributed by atoms with Gasteiger partial charge in [0, 0.05) is 19.2 Å². The summed E-state index contributed by atoms with van der Waals surface area (Å²) in [7, 11) is 0. The molecule has 1 aliphatic carbocycles. The van der Waals surface area contributed by atoms with Gasteiger partial charge in [0.15, 0.2) is 11.6 Å². The molecule has 1 aromatic carbocycles. The Hall–Kier alpha value is -2.58. The number of nitrogens with zero attached hydrogens (tertiary/aromatic N) is 1. The van der Waals surface area contributed by atoms with E-state index in [1.54, 1.807) is 0 Å². The van der Waals surface area contributed by atoms with Crippen LogP contribution in [0.1, 0.15) is 16.8 Å². The van der Waals surface area contributed by atoms with E-state index in [0.717, 1.165) is 4.90 Å². The van der Waals surface area contributed by atoms with Gasteiger partial charge >= 0.3 is 11.9 Å². The van der Waals surface area contributed by atoms with E-state index in [-0.39, 0.29) is 12.5 Å². The van der Waals surface area contributed by atoms with Gasteiger partial charge in [-0.2, -0.15) is 0 Å². The summed E-state index contributed by atoms with van der Waals surface area (Å²) in [6.45, 7) is -0.849. The maximum absolute atomic E-state index is 13.7. The molecule has 1 heterocycles.